The maximum Gasteiger partial charge on any atom is 0.0613 e. The molecule has 0 saturated heterocycles. The molecule has 21 heavy (non-hydrogen) atoms. The van der Waals surface area contributed by atoms with Crippen molar-refractivity contribution >= 4 is 0 Å². The van der Waals surface area contributed by atoms with Crippen LogP contribution in [0.4, 0.5) is 0 Å². The second-order valence-electron chi connectivity index (χ2n) is 6.98. The van der Waals surface area contributed by atoms with Crippen LogP contribution in [0.25, 0.3) is 0 Å². The summed E-state index contributed by atoms with van der Waals surface area (Å²) in [6, 6.07) is 1.52. The molecule has 0 radical (unpaired) electrons. The molecule has 4 heteroatoms. The van der Waals surface area contributed by atoms with E-state index in [2.05, 4.69) is 37.9 Å². The number of nitrogens with zero attached hydrogens (tertiary/aromatic N) is 1. The lowest BCUT2D eigenvalue weighted by Gasteiger charge is -2.47. The molecule has 0 aromatic carbocycles. The molecule has 0 spiro atoms. The SMILES string of the molecule is CCC(C)N(CCOC)C1CCCC(CO)(NC(C)C)C1. The van der Waals surface area contributed by atoms with E-state index in [0.717, 1.165) is 32.4 Å². The van der Waals surface area contributed by atoms with E-state index in [9.17, 15) is 5.11 Å². The Morgan fingerprint density at radius 3 is 2.62 bits per heavy atom. The molecular weight excluding hydrogens is 264 g/mol. The maximum absolute atomic E-state index is 9.96. The molecule has 3 atom stereocenters. The maximum atomic E-state index is 9.96. The lowest BCUT2D eigenvalue weighted by atomic mass is 9.78. The van der Waals surface area contributed by atoms with Gasteiger partial charge in [-0.1, -0.05) is 20.8 Å². The van der Waals surface area contributed by atoms with Gasteiger partial charge in [-0.05, 0) is 39.0 Å². The molecule has 2 N–H and O–H groups in total. The van der Waals surface area contributed by atoms with E-state index in [1.54, 1.807) is 7.11 Å². The molecule has 126 valence electrons. The van der Waals surface area contributed by atoms with Crippen LogP contribution < -0.4 is 5.32 Å². The van der Waals surface area contributed by atoms with Crippen LogP contribution in [-0.4, -0.2) is 60.5 Å². The highest BCUT2D eigenvalue weighted by atomic mass is 16.5. The Kier molecular flexibility index (Phi) is 8.17. The smallest absolute Gasteiger partial charge is 0.0613 e. The zero-order chi connectivity index (χ0) is 15.9. The van der Waals surface area contributed by atoms with E-state index in [1.165, 1.54) is 12.8 Å². The van der Waals surface area contributed by atoms with Crippen LogP contribution in [0, 0.1) is 0 Å². The molecule has 0 aliphatic heterocycles. The van der Waals surface area contributed by atoms with Gasteiger partial charge in [-0.15, -0.1) is 0 Å². The fraction of sp³-hybridized carbons (Fsp3) is 1.00. The third-order valence-electron chi connectivity index (χ3n) is 4.90. The summed E-state index contributed by atoms with van der Waals surface area (Å²) in [7, 11) is 1.77. The van der Waals surface area contributed by atoms with Crippen LogP contribution >= 0.6 is 0 Å². The highest BCUT2D eigenvalue weighted by Crippen LogP contribution is 2.32. The van der Waals surface area contributed by atoms with Gasteiger partial charge >= 0.3 is 0 Å². The largest absolute Gasteiger partial charge is 0.394 e. The van der Waals surface area contributed by atoms with Gasteiger partial charge in [-0.2, -0.15) is 0 Å². The molecular formula is C17H36N2O2. The molecule has 1 saturated carbocycles. The minimum absolute atomic E-state index is 0.101. The van der Waals surface area contributed by atoms with Gasteiger partial charge in [0.15, 0.2) is 0 Å². The molecule has 1 aliphatic rings. The van der Waals surface area contributed by atoms with Gasteiger partial charge in [0.2, 0.25) is 0 Å². The van der Waals surface area contributed by atoms with Gasteiger partial charge in [0, 0.05) is 37.3 Å². The van der Waals surface area contributed by atoms with E-state index < -0.39 is 0 Å². The first-order valence-electron chi connectivity index (χ1n) is 8.61. The predicted molar refractivity (Wildman–Crippen MR) is 88.7 cm³/mol. The Hall–Kier alpha value is -0.160. The molecule has 0 heterocycles. The van der Waals surface area contributed by atoms with E-state index in [-0.39, 0.29) is 12.1 Å². The van der Waals surface area contributed by atoms with Crippen molar-refractivity contribution in [3.8, 4) is 0 Å². The molecule has 3 unspecified atom stereocenters. The van der Waals surface area contributed by atoms with Crippen molar-refractivity contribution in [3.63, 3.8) is 0 Å². The van der Waals surface area contributed by atoms with Gasteiger partial charge in [0.05, 0.1) is 13.2 Å². The van der Waals surface area contributed by atoms with Gasteiger partial charge in [-0.3, -0.25) is 4.90 Å². The normalized spacial score (nSPS) is 28.3. The third-order valence-corrected chi connectivity index (χ3v) is 4.90. The second-order valence-corrected chi connectivity index (χ2v) is 6.98. The van der Waals surface area contributed by atoms with E-state index >= 15 is 0 Å². The molecule has 0 bridgehead atoms. The molecule has 1 aliphatic carbocycles. The highest BCUT2D eigenvalue weighted by molar-refractivity contribution is 4.97. The number of aliphatic hydroxyl groups is 1. The average molecular weight is 300 g/mol. The summed E-state index contributed by atoms with van der Waals surface area (Å²) in [5, 5.41) is 13.6. The zero-order valence-corrected chi connectivity index (χ0v) is 14.7. The van der Waals surface area contributed by atoms with Crippen LogP contribution in [0.5, 0.6) is 0 Å². The van der Waals surface area contributed by atoms with Crippen molar-refractivity contribution in [2.45, 2.75) is 83.5 Å². The Balaban J connectivity index is 2.78. The Morgan fingerprint density at radius 1 is 1.38 bits per heavy atom. The molecule has 0 aromatic rings. The number of rotatable bonds is 9. The van der Waals surface area contributed by atoms with Crippen LogP contribution in [0.15, 0.2) is 0 Å². The first-order valence-corrected chi connectivity index (χ1v) is 8.61. The number of aliphatic hydroxyl groups excluding tert-OH is 1. The molecule has 0 amide bonds. The van der Waals surface area contributed by atoms with Crippen molar-refractivity contribution in [3.05, 3.63) is 0 Å². The quantitative estimate of drug-likeness (QED) is 0.686. The summed E-state index contributed by atoms with van der Waals surface area (Å²) in [5.41, 5.74) is -0.101. The fourth-order valence-electron chi connectivity index (χ4n) is 3.74. The fourth-order valence-corrected chi connectivity index (χ4v) is 3.74. The van der Waals surface area contributed by atoms with Crippen LogP contribution in [-0.2, 0) is 4.74 Å². The summed E-state index contributed by atoms with van der Waals surface area (Å²) in [4.78, 5) is 2.59. The Bertz CT molecular complexity index is 286. The van der Waals surface area contributed by atoms with Gasteiger partial charge < -0.3 is 15.2 Å². The lowest BCUT2D eigenvalue weighted by molar-refractivity contribution is 0.0237. The summed E-state index contributed by atoms with van der Waals surface area (Å²) < 4.78 is 5.29. The second kappa shape index (κ2) is 9.09. The predicted octanol–water partition coefficient (Wildman–Crippen LogP) is 2.41. The van der Waals surface area contributed by atoms with Gasteiger partial charge in [0.25, 0.3) is 0 Å². The van der Waals surface area contributed by atoms with E-state index in [1.807, 2.05) is 0 Å². The van der Waals surface area contributed by atoms with E-state index in [4.69, 9.17) is 4.74 Å². The summed E-state index contributed by atoms with van der Waals surface area (Å²) in [5.74, 6) is 0. The van der Waals surface area contributed by atoms with Crippen LogP contribution in [0.3, 0.4) is 0 Å². The number of hydrogen-bond acceptors (Lipinski definition) is 4. The molecule has 0 aromatic heterocycles. The average Bonchev–Trinajstić information content (AvgIpc) is 2.47. The van der Waals surface area contributed by atoms with Crippen molar-refractivity contribution in [2.75, 3.05) is 26.9 Å². The summed E-state index contributed by atoms with van der Waals surface area (Å²) in [6.07, 6.45) is 5.69. The molecule has 4 nitrogen and oxygen atoms in total. The standard InChI is InChI=1S/C17H36N2O2/c1-6-15(4)19(10-11-21-5)16-8-7-9-17(12-16,13-20)18-14(2)3/h14-16,18,20H,6-13H2,1-5H3. The van der Waals surface area contributed by atoms with Crippen LogP contribution in [0.1, 0.15) is 59.8 Å². The monoisotopic (exact) mass is 300 g/mol. The first-order chi connectivity index (χ1) is 9.98. The Morgan fingerprint density at radius 2 is 2.10 bits per heavy atom. The highest BCUT2D eigenvalue weighted by Gasteiger charge is 2.38. The summed E-state index contributed by atoms with van der Waals surface area (Å²) in [6.45, 7) is 10.9. The number of methoxy groups -OCH3 is 1. The lowest BCUT2D eigenvalue weighted by Crippen LogP contribution is -2.58. The third kappa shape index (κ3) is 5.51. The van der Waals surface area contributed by atoms with Crippen molar-refractivity contribution in [2.24, 2.45) is 0 Å². The first kappa shape index (κ1) is 18.9. The van der Waals surface area contributed by atoms with Gasteiger partial charge in [-0.25, -0.2) is 0 Å². The Labute approximate surface area is 131 Å². The van der Waals surface area contributed by atoms with Crippen molar-refractivity contribution in [1.29, 1.82) is 0 Å². The zero-order valence-electron chi connectivity index (χ0n) is 14.7. The molecule has 1 rings (SSSR count). The topological polar surface area (TPSA) is 44.7 Å². The van der Waals surface area contributed by atoms with Crippen LogP contribution in [0.2, 0.25) is 0 Å². The minimum atomic E-state index is -0.101. The molecule has 1 fully saturated rings. The van der Waals surface area contributed by atoms with Crippen molar-refractivity contribution < 1.29 is 9.84 Å². The number of ether oxygens (including phenoxy) is 1. The van der Waals surface area contributed by atoms with E-state index in [0.29, 0.717) is 18.1 Å². The van der Waals surface area contributed by atoms with Crippen molar-refractivity contribution in [1.82, 2.24) is 10.2 Å². The summed E-state index contributed by atoms with van der Waals surface area (Å²) >= 11 is 0. The number of hydrogen-bond donors (Lipinski definition) is 2. The minimum Gasteiger partial charge on any atom is -0.394 e. The number of nitrogens with one attached hydrogen (secondary N) is 1. The van der Waals surface area contributed by atoms with Gasteiger partial charge in [0.1, 0.15) is 0 Å².